The zero-order valence-electron chi connectivity index (χ0n) is 8.16. The second kappa shape index (κ2) is 5.11. The molecule has 7 nitrogen and oxygen atoms in total. The highest BCUT2D eigenvalue weighted by Gasteiger charge is 2.05. The zero-order chi connectivity index (χ0) is 11.3. The topological polar surface area (TPSA) is 89.9 Å². The molecular formula is C8H11N3O4. The molecule has 0 fully saturated rings. The van der Waals surface area contributed by atoms with Crippen molar-refractivity contribution in [2.75, 3.05) is 20.3 Å². The number of ether oxygens (including phenoxy) is 1. The molecule has 1 N–H and O–H groups in total. The van der Waals surface area contributed by atoms with E-state index in [0.29, 0.717) is 13.2 Å². The van der Waals surface area contributed by atoms with Crippen LogP contribution in [0.5, 0.6) is 0 Å². The second-order valence-corrected chi connectivity index (χ2v) is 2.72. The fourth-order valence-corrected chi connectivity index (χ4v) is 0.953. The third-order valence-corrected chi connectivity index (χ3v) is 1.68. The van der Waals surface area contributed by atoms with Gasteiger partial charge in [0.1, 0.15) is 0 Å². The number of nitrogens with zero attached hydrogens (tertiary/aromatic N) is 3. The van der Waals surface area contributed by atoms with E-state index in [1.165, 1.54) is 25.4 Å². The van der Waals surface area contributed by atoms with E-state index in [9.17, 15) is 15.3 Å². The van der Waals surface area contributed by atoms with E-state index < -0.39 is 4.92 Å². The smallest absolute Gasteiger partial charge is 0.274 e. The molecule has 0 spiro atoms. The lowest BCUT2D eigenvalue weighted by atomic mass is 10.4. The number of hydrogen-bond donors (Lipinski definition) is 1. The summed E-state index contributed by atoms with van der Waals surface area (Å²) in [6.45, 7) is 0.723. The maximum absolute atomic E-state index is 10.4. The first-order chi connectivity index (χ1) is 7.15. The number of aromatic nitrogens is 1. The fraction of sp³-hybridized carbons (Fsp3) is 0.375. The van der Waals surface area contributed by atoms with Crippen LogP contribution in [0.2, 0.25) is 0 Å². The predicted molar refractivity (Wildman–Crippen MR) is 50.6 cm³/mol. The number of nitro groups is 1. The summed E-state index contributed by atoms with van der Waals surface area (Å²) >= 11 is 0. The van der Waals surface area contributed by atoms with Crippen molar-refractivity contribution in [1.82, 2.24) is 4.73 Å². The molecule has 0 amide bonds. The van der Waals surface area contributed by atoms with E-state index in [1.54, 1.807) is 0 Å². The number of rotatable bonds is 4. The number of pyridine rings is 1. The molecule has 15 heavy (non-hydrogen) atoms. The van der Waals surface area contributed by atoms with Gasteiger partial charge in [0.2, 0.25) is 0 Å². The maximum Gasteiger partial charge on any atom is 0.274 e. The Kier molecular flexibility index (Phi) is 3.81. The van der Waals surface area contributed by atoms with Crippen molar-refractivity contribution in [3.05, 3.63) is 33.9 Å². The molecule has 1 aromatic rings. The van der Waals surface area contributed by atoms with Crippen molar-refractivity contribution in [2.45, 2.75) is 0 Å². The van der Waals surface area contributed by atoms with E-state index >= 15 is 0 Å². The average molecular weight is 213 g/mol. The SMILES string of the molecule is COCCN=c1cc([N+](=O)[O-])ccn1O. The molecule has 0 radical (unpaired) electrons. The summed E-state index contributed by atoms with van der Waals surface area (Å²) in [7, 11) is 1.52. The number of hydrogen-bond acceptors (Lipinski definition) is 5. The molecule has 1 rings (SSSR count). The molecule has 0 unspecified atom stereocenters. The van der Waals surface area contributed by atoms with Crippen LogP contribution in [0.4, 0.5) is 5.69 Å². The third kappa shape index (κ3) is 3.06. The fourth-order valence-electron chi connectivity index (χ4n) is 0.953. The molecule has 0 saturated carbocycles. The van der Waals surface area contributed by atoms with Gasteiger partial charge >= 0.3 is 0 Å². The molecule has 82 valence electrons. The molecule has 0 atom stereocenters. The average Bonchev–Trinajstić information content (AvgIpc) is 2.20. The lowest BCUT2D eigenvalue weighted by molar-refractivity contribution is -0.385. The molecular weight excluding hydrogens is 202 g/mol. The molecule has 0 aliphatic heterocycles. The van der Waals surface area contributed by atoms with Gasteiger partial charge < -0.3 is 9.94 Å². The number of methoxy groups -OCH3 is 1. The summed E-state index contributed by atoms with van der Waals surface area (Å²) in [6, 6.07) is 2.38. The Morgan fingerprint density at radius 3 is 3.07 bits per heavy atom. The van der Waals surface area contributed by atoms with Gasteiger partial charge in [0, 0.05) is 13.2 Å². The summed E-state index contributed by atoms with van der Waals surface area (Å²) in [5.74, 6) is 0. The van der Waals surface area contributed by atoms with Crippen LogP contribution in [-0.2, 0) is 4.74 Å². The first kappa shape index (κ1) is 11.2. The van der Waals surface area contributed by atoms with Crippen LogP contribution in [-0.4, -0.2) is 35.1 Å². The lowest BCUT2D eigenvalue weighted by Crippen LogP contribution is -2.19. The van der Waals surface area contributed by atoms with Crippen molar-refractivity contribution in [2.24, 2.45) is 4.99 Å². The van der Waals surface area contributed by atoms with Crippen molar-refractivity contribution in [3.8, 4) is 0 Å². The highest BCUT2D eigenvalue weighted by atomic mass is 16.6. The van der Waals surface area contributed by atoms with Gasteiger partial charge in [-0.25, -0.2) is 0 Å². The van der Waals surface area contributed by atoms with Gasteiger partial charge in [-0.15, -0.1) is 0 Å². The summed E-state index contributed by atoms with van der Waals surface area (Å²) in [4.78, 5) is 13.8. The van der Waals surface area contributed by atoms with E-state index in [-0.39, 0.29) is 11.2 Å². The zero-order valence-corrected chi connectivity index (χ0v) is 8.16. The Labute approximate surface area is 85.4 Å². The minimum Gasteiger partial charge on any atom is -0.427 e. The van der Waals surface area contributed by atoms with Gasteiger partial charge in [0.05, 0.1) is 30.3 Å². The van der Waals surface area contributed by atoms with Crippen LogP contribution in [0.1, 0.15) is 0 Å². The monoisotopic (exact) mass is 213 g/mol. The predicted octanol–water partition coefficient (Wildman–Crippen LogP) is 0.181. The van der Waals surface area contributed by atoms with Gasteiger partial charge in [-0.2, -0.15) is 4.73 Å². The first-order valence-electron chi connectivity index (χ1n) is 4.21. The maximum atomic E-state index is 10.4. The summed E-state index contributed by atoms with van der Waals surface area (Å²) in [5.41, 5.74) is 0.0118. The molecule has 0 saturated heterocycles. The normalized spacial score (nSPS) is 11.7. The first-order valence-corrected chi connectivity index (χ1v) is 4.21. The Bertz CT molecular complexity index is 413. The highest BCUT2D eigenvalue weighted by Crippen LogP contribution is 2.04. The van der Waals surface area contributed by atoms with E-state index in [1.807, 2.05) is 0 Å². The summed E-state index contributed by atoms with van der Waals surface area (Å²) in [5, 5.41) is 19.7. The Morgan fingerprint density at radius 2 is 2.47 bits per heavy atom. The molecule has 1 aromatic heterocycles. The van der Waals surface area contributed by atoms with Crippen LogP contribution < -0.4 is 5.49 Å². The van der Waals surface area contributed by atoms with Crippen LogP contribution in [0.25, 0.3) is 0 Å². The van der Waals surface area contributed by atoms with Gasteiger partial charge in [-0.05, 0) is 0 Å². The lowest BCUT2D eigenvalue weighted by Gasteiger charge is -1.98. The summed E-state index contributed by atoms with van der Waals surface area (Å²) < 4.78 is 5.49. The van der Waals surface area contributed by atoms with Crippen molar-refractivity contribution >= 4 is 5.69 Å². The molecule has 0 aliphatic carbocycles. The Balaban J connectivity index is 3.00. The van der Waals surface area contributed by atoms with Gasteiger partial charge in [0.15, 0.2) is 5.49 Å². The second-order valence-electron chi connectivity index (χ2n) is 2.72. The molecule has 0 aromatic carbocycles. The van der Waals surface area contributed by atoms with Crippen molar-refractivity contribution < 1.29 is 14.9 Å². The highest BCUT2D eigenvalue weighted by molar-refractivity contribution is 5.25. The van der Waals surface area contributed by atoms with Crippen molar-refractivity contribution in [3.63, 3.8) is 0 Å². The minimum atomic E-state index is -0.546. The van der Waals surface area contributed by atoms with Gasteiger partial charge in [0.25, 0.3) is 5.69 Å². The molecule has 7 heteroatoms. The van der Waals surface area contributed by atoms with Crippen LogP contribution in [0, 0.1) is 10.1 Å². The molecule has 1 heterocycles. The van der Waals surface area contributed by atoms with Crippen LogP contribution in [0.15, 0.2) is 23.3 Å². The molecule has 0 bridgehead atoms. The summed E-state index contributed by atoms with van der Waals surface area (Å²) in [6.07, 6.45) is 1.17. The Morgan fingerprint density at radius 1 is 1.73 bits per heavy atom. The van der Waals surface area contributed by atoms with Crippen LogP contribution in [0.3, 0.4) is 0 Å². The largest absolute Gasteiger partial charge is 0.427 e. The van der Waals surface area contributed by atoms with E-state index in [4.69, 9.17) is 4.74 Å². The molecule has 0 aliphatic rings. The van der Waals surface area contributed by atoms with E-state index in [0.717, 1.165) is 4.73 Å². The standard InChI is InChI=1S/C8H11N3O4/c1-15-5-3-9-8-6-7(11(13)14)2-4-10(8)12/h2,4,6,12H,3,5H2,1H3. The van der Waals surface area contributed by atoms with Crippen molar-refractivity contribution in [1.29, 1.82) is 0 Å². The van der Waals surface area contributed by atoms with Crippen LogP contribution >= 0.6 is 0 Å². The third-order valence-electron chi connectivity index (χ3n) is 1.68. The minimum absolute atomic E-state index is 0.114. The Hall–Kier alpha value is -1.89. The van der Waals surface area contributed by atoms with Gasteiger partial charge in [-0.3, -0.25) is 15.1 Å². The van der Waals surface area contributed by atoms with E-state index in [2.05, 4.69) is 4.99 Å². The quantitative estimate of drug-likeness (QED) is 0.334. The van der Waals surface area contributed by atoms with Gasteiger partial charge in [-0.1, -0.05) is 0 Å².